The maximum atomic E-state index is 11.2. The van der Waals surface area contributed by atoms with Crippen molar-refractivity contribution in [2.75, 3.05) is 13.2 Å². The quantitative estimate of drug-likeness (QED) is 0.146. The molecule has 7 rings (SSSR count). The van der Waals surface area contributed by atoms with E-state index in [-0.39, 0.29) is 0 Å². The van der Waals surface area contributed by atoms with Gasteiger partial charge in [0.2, 0.25) is 0 Å². The standard InChI is InChI=1S/C33H22N2O6S3/c1-19-8-12-42-31(19)33-30-29(38-10-11-39-30)32(44-33)28-6-5-27(43-28)21-7-9-34-25(14-21)26-16-23(41-18-37)15-24(35-26)20-3-2-4-22(13-20)40-17-36/h2-9,12-18H,10-11H2,1H3. The number of pyridine rings is 2. The number of aromatic nitrogens is 2. The Labute approximate surface area is 264 Å². The monoisotopic (exact) mass is 638 g/mol. The lowest BCUT2D eigenvalue weighted by molar-refractivity contribution is -0.121. The molecule has 1 aromatic carbocycles. The molecule has 0 fully saturated rings. The van der Waals surface area contributed by atoms with Crippen molar-refractivity contribution in [2.24, 2.45) is 0 Å². The number of nitrogens with zero attached hydrogens (tertiary/aromatic N) is 2. The fraction of sp³-hybridized carbons (Fsp3) is 0.0909. The third-order valence-electron chi connectivity index (χ3n) is 6.90. The van der Waals surface area contributed by atoms with Gasteiger partial charge in [0.15, 0.2) is 11.5 Å². The molecule has 218 valence electrons. The number of fused-ring (bicyclic) bond motifs is 1. The molecule has 8 nitrogen and oxygen atoms in total. The Morgan fingerprint density at radius 2 is 1.50 bits per heavy atom. The Morgan fingerprint density at radius 3 is 2.30 bits per heavy atom. The first kappa shape index (κ1) is 28.0. The summed E-state index contributed by atoms with van der Waals surface area (Å²) in [7, 11) is 0. The van der Waals surface area contributed by atoms with Crippen LogP contribution in [-0.2, 0) is 9.59 Å². The van der Waals surface area contributed by atoms with Gasteiger partial charge < -0.3 is 18.9 Å². The van der Waals surface area contributed by atoms with Crippen molar-refractivity contribution >= 4 is 47.0 Å². The van der Waals surface area contributed by atoms with Crippen LogP contribution in [0.3, 0.4) is 0 Å². The van der Waals surface area contributed by atoms with Gasteiger partial charge in [-0.25, -0.2) is 4.98 Å². The first-order valence-corrected chi connectivity index (χ1v) is 16.0. The van der Waals surface area contributed by atoms with Crippen LogP contribution in [0, 0.1) is 6.92 Å². The minimum Gasteiger partial charge on any atom is -0.485 e. The van der Waals surface area contributed by atoms with Gasteiger partial charge in [-0.1, -0.05) is 12.1 Å². The second-order valence-corrected chi connectivity index (χ2v) is 12.7. The number of ether oxygens (including phenoxy) is 4. The summed E-state index contributed by atoms with van der Waals surface area (Å²) in [5.74, 6) is 2.32. The molecule has 0 atom stereocenters. The van der Waals surface area contributed by atoms with E-state index in [1.807, 2.05) is 18.2 Å². The number of hydrogen-bond acceptors (Lipinski definition) is 11. The average molecular weight is 639 g/mol. The van der Waals surface area contributed by atoms with Gasteiger partial charge >= 0.3 is 0 Å². The predicted octanol–water partition coefficient (Wildman–Crippen LogP) is 8.15. The van der Waals surface area contributed by atoms with Crippen molar-refractivity contribution in [1.82, 2.24) is 9.97 Å². The summed E-state index contributed by atoms with van der Waals surface area (Å²) in [4.78, 5) is 36.9. The van der Waals surface area contributed by atoms with E-state index < -0.39 is 0 Å². The fourth-order valence-electron chi connectivity index (χ4n) is 4.90. The molecule has 11 heteroatoms. The molecular weight excluding hydrogens is 617 g/mol. The molecule has 1 aliphatic heterocycles. The van der Waals surface area contributed by atoms with Crippen molar-refractivity contribution in [3.8, 4) is 75.6 Å². The van der Waals surface area contributed by atoms with Crippen LogP contribution in [-0.4, -0.2) is 36.1 Å². The van der Waals surface area contributed by atoms with Crippen molar-refractivity contribution in [3.63, 3.8) is 0 Å². The van der Waals surface area contributed by atoms with Crippen LogP contribution in [0.15, 0.2) is 78.3 Å². The van der Waals surface area contributed by atoms with Crippen LogP contribution in [0.5, 0.6) is 23.0 Å². The number of rotatable bonds is 9. The zero-order chi connectivity index (χ0) is 30.0. The smallest absolute Gasteiger partial charge is 0.298 e. The van der Waals surface area contributed by atoms with E-state index in [4.69, 9.17) is 23.9 Å². The lowest BCUT2D eigenvalue weighted by Gasteiger charge is -2.17. The van der Waals surface area contributed by atoms with E-state index in [1.165, 1.54) is 10.4 Å². The SMILES string of the molecule is Cc1ccsc1-c1sc(-c2ccc(-c3ccnc(-c4cc(OC=O)cc(-c5cccc(OC=O)c5)n4)c3)s2)c2c1OCCO2. The highest BCUT2D eigenvalue weighted by atomic mass is 32.1. The molecule has 6 aromatic rings. The second kappa shape index (κ2) is 12.0. The van der Waals surface area contributed by atoms with Crippen LogP contribution in [0.1, 0.15) is 5.56 Å². The Bertz CT molecular complexity index is 2010. The van der Waals surface area contributed by atoms with Crippen molar-refractivity contribution < 1.29 is 28.5 Å². The van der Waals surface area contributed by atoms with Crippen LogP contribution in [0.2, 0.25) is 0 Å². The average Bonchev–Trinajstić information content (AvgIpc) is 3.80. The molecular formula is C33H22N2O6S3. The molecule has 0 spiro atoms. The molecule has 0 radical (unpaired) electrons. The molecule has 0 N–H and O–H groups in total. The molecule has 0 amide bonds. The summed E-state index contributed by atoms with van der Waals surface area (Å²) in [6.45, 7) is 3.90. The summed E-state index contributed by atoms with van der Waals surface area (Å²) in [6.07, 6.45) is 1.73. The largest absolute Gasteiger partial charge is 0.485 e. The van der Waals surface area contributed by atoms with Crippen LogP contribution in [0.25, 0.3) is 52.6 Å². The molecule has 0 saturated carbocycles. The van der Waals surface area contributed by atoms with Gasteiger partial charge in [-0.05, 0) is 65.9 Å². The second-order valence-electron chi connectivity index (χ2n) is 9.67. The Morgan fingerprint density at radius 1 is 0.727 bits per heavy atom. The van der Waals surface area contributed by atoms with Crippen molar-refractivity contribution in [3.05, 3.63) is 83.9 Å². The Balaban J connectivity index is 1.25. The van der Waals surface area contributed by atoms with Gasteiger partial charge in [0.05, 0.1) is 31.7 Å². The summed E-state index contributed by atoms with van der Waals surface area (Å²) >= 11 is 5.07. The highest BCUT2D eigenvalue weighted by Gasteiger charge is 2.28. The Kier molecular flexibility index (Phi) is 7.65. The maximum absolute atomic E-state index is 11.2. The third-order valence-corrected chi connectivity index (χ3v) is 10.5. The third kappa shape index (κ3) is 5.37. The number of hydrogen-bond donors (Lipinski definition) is 0. The Hall–Kier alpha value is -4.84. The van der Waals surface area contributed by atoms with E-state index in [2.05, 4.69) is 35.5 Å². The number of benzene rings is 1. The summed E-state index contributed by atoms with van der Waals surface area (Å²) in [5, 5.41) is 2.10. The number of carbonyl (C=O) groups excluding carboxylic acids is 2. The van der Waals surface area contributed by atoms with Crippen molar-refractivity contribution in [1.29, 1.82) is 0 Å². The van der Waals surface area contributed by atoms with E-state index in [0.717, 1.165) is 36.6 Å². The van der Waals surface area contributed by atoms with E-state index in [9.17, 15) is 9.59 Å². The number of carbonyl (C=O) groups is 2. The minimum absolute atomic E-state index is 0.314. The topological polar surface area (TPSA) is 96.8 Å². The van der Waals surface area contributed by atoms with Crippen LogP contribution in [0.4, 0.5) is 0 Å². The predicted molar refractivity (Wildman–Crippen MR) is 172 cm³/mol. The van der Waals surface area contributed by atoms with Gasteiger partial charge in [-0.3, -0.25) is 14.6 Å². The summed E-state index contributed by atoms with van der Waals surface area (Å²) in [6, 6.07) is 20.5. The number of aryl methyl sites for hydroxylation is 1. The minimum atomic E-state index is 0.314. The maximum Gasteiger partial charge on any atom is 0.298 e. The molecule has 0 unspecified atom stereocenters. The van der Waals surface area contributed by atoms with Crippen LogP contribution < -0.4 is 18.9 Å². The lowest BCUT2D eigenvalue weighted by Crippen LogP contribution is -2.14. The van der Waals surface area contributed by atoms with Crippen molar-refractivity contribution in [2.45, 2.75) is 6.92 Å². The van der Waals surface area contributed by atoms with Gasteiger partial charge in [-0.2, -0.15) is 0 Å². The van der Waals surface area contributed by atoms with Gasteiger partial charge in [-0.15, -0.1) is 34.0 Å². The highest BCUT2D eigenvalue weighted by molar-refractivity contribution is 7.27. The molecule has 0 aliphatic carbocycles. The van der Waals surface area contributed by atoms with Gasteiger partial charge in [0.1, 0.15) is 24.7 Å². The summed E-state index contributed by atoms with van der Waals surface area (Å²) < 4.78 is 22.4. The van der Waals surface area contributed by atoms with E-state index in [1.54, 1.807) is 70.5 Å². The zero-order valence-corrected chi connectivity index (χ0v) is 25.6. The van der Waals surface area contributed by atoms with Gasteiger partial charge in [0, 0.05) is 33.6 Å². The lowest BCUT2D eigenvalue weighted by atomic mass is 10.1. The first-order valence-electron chi connectivity index (χ1n) is 13.5. The zero-order valence-electron chi connectivity index (χ0n) is 23.1. The molecule has 0 bridgehead atoms. The fourth-order valence-corrected chi connectivity index (χ4v) is 8.33. The molecule has 5 aromatic heterocycles. The molecule has 6 heterocycles. The first-order chi connectivity index (χ1) is 21.6. The number of thiophene rings is 3. The summed E-state index contributed by atoms with van der Waals surface area (Å²) in [5.41, 5.74) is 4.53. The van der Waals surface area contributed by atoms with Crippen LogP contribution >= 0.6 is 34.0 Å². The molecule has 1 aliphatic rings. The van der Waals surface area contributed by atoms with Gasteiger partial charge in [0.25, 0.3) is 12.9 Å². The molecule has 44 heavy (non-hydrogen) atoms. The van der Waals surface area contributed by atoms with E-state index in [0.29, 0.717) is 60.3 Å². The van der Waals surface area contributed by atoms with E-state index >= 15 is 0 Å². The normalized spacial score (nSPS) is 12.1. The highest BCUT2D eigenvalue weighted by Crippen LogP contribution is 2.56. The molecule has 0 saturated heterocycles.